The molecule has 2 unspecified atom stereocenters. The van der Waals surface area contributed by atoms with Crippen molar-refractivity contribution in [2.75, 3.05) is 10.7 Å². The molecule has 0 spiro atoms. The predicted molar refractivity (Wildman–Crippen MR) is 80.4 cm³/mol. The van der Waals surface area contributed by atoms with Gasteiger partial charge in [-0.3, -0.25) is 0 Å². The Morgan fingerprint density at radius 3 is 2.60 bits per heavy atom. The molecular weight excluding hydrogens is 254 g/mol. The maximum Gasteiger partial charge on any atom is 0.148 e. The average Bonchev–Trinajstić information content (AvgIpc) is 2.63. The first-order valence-electron chi connectivity index (χ1n) is 7.39. The lowest BCUT2D eigenvalue weighted by Gasteiger charge is -2.25. The van der Waals surface area contributed by atoms with Crippen LogP contribution in [0.4, 0.5) is 11.6 Å². The number of aromatic nitrogens is 2. The van der Waals surface area contributed by atoms with Gasteiger partial charge in [-0.15, -0.1) is 0 Å². The lowest BCUT2D eigenvalue weighted by molar-refractivity contribution is 0.144. The van der Waals surface area contributed by atoms with Gasteiger partial charge in [0, 0.05) is 5.56 Å². The van der Waals surface area contributed by atoms with Gasteiger partial charge in [-0.1, -0.05) is 33.1 Å². The summed E-state index contributed by atoms with van der Waals surface area (Å²) in [5, 5.41) is 13.6. The SMILES string of the molecule is CC(C)c1c(NN)ncnc1NC1CCCCCC1O. The molecule has 1 aromatic heterocycles. The van der Waals surface area contributed by atoms with E-state index in [1.54, 1.807) is 0 Å². The summed E-state index contributed by atoms with van der Waals surface area (Å²) in [6.45, 7) is 4.16. The van der Waals surface area contributed by atoms with E-state index in [2.05, 4.69) is 34.6 Å². The van der Waals surface area contributed by atoms with Crippen LogP contribution in [-0.4, -0.2) is 27.2 Å². The second-order valence-corrected chi connectivity index (χ2v) is 5.74. The number of aliphatic hydroxyl groups excluding tert-OH is 1. The highest BCUT2D eigenvalue weighted by Gasteiger charge is 2.24. The van der Waals surface area contributed by atoms with E-state index in [1.165, 1.54) is 12.7 Å². The van der Waals surface area contributed by atoms with E-state index in [0.717, 1.165) is 37.1 Å². The van der Waals surface area contributed by atoms with Crippen molar-refractivity contribution in [3.63, 3.8) is 0 Å². The molecule has 1 fully saturated rings. The Morgan fingerprint density at radius 2 is 1.90 bits per heavy atom. The molecule has 0 aliphatic heterocycles. The molecule has 6 heteroatoms. The van der Waals surface area contributed by atoms with Gasteiger partial charge in [-0.2, -0.15) is 0 Å². The van der Waals surface area contributed by atoms with Crippen molar-refractivity contribution >= 4 is 11.6 Å². The van der Waals surface area contributed by atoms with Gasteiger partial charge >= 0.3 is 0 Å². The summed E-state index contributed by atoms with van der Waals surface area (Å²) in [7, 11) is 0. The Morgan fingerprint density at radius 1 is 1.20 bits per heavy atom. The van der Waals surface area contributed by atoms with E-state index in [0.29, 0.717) is 5.82 Å². The molecule has 1 saturated carbocycles. The van der Waals surface area contributed by atoms with Crippen molar-refractivity contribution in [2.45, 2.75) is 64.0 Å². The molecule has 112 valence electrons. The largest absolute Gasteiger partial charge is 0.391 e. The number of hydrogen-bond acceptors (Lipinski definition) is 6. The van der Waals surface area contributed by atoms with E-state index in [9.17, 15) is 5.11 Å². The highest BCUT2D eigenvalue weighted by molar-refractivity contribution is 5.58. The smallest absolute Gasteiger partial charge is 0.148 e. The molecule has 1 aliphatic carbocycles. The lowest BCUT2D eigenvalue weighted by Crippen LogP contribution is -2.33. The Kier molecular flexibility index (Phi) is 5.14. The van der Waals surface area contributed by atoms with Crippen molar-refractivity contribution in [3.05, 3.63) is 11.9 Å². The highest BCUT2D eigenvalue weighted by Crippen LogP contribution is 2.30. The van der Waals surface area contributed by atoms with E-state index in [-0.39, 0.29) is 18.1 Å². The Labute approximate surface area is 120 Å². The average molecular weight is 279 g/mol. The van der Waals surface area contributed by atoms with Crippen molar-refractivity contribution < 1.29 is 5.11 Å². The van der Waals surface area contributed by atoms with E-state index in [1.807, 2.05) is 0 Å². The minimum Gasteiger partial charge on any atom is -0.391 e. The number of anilines is 2. The normalized spacial score (nSPS) is 23.4. The molecule has 0 saturated heterocycles. The minimum absolute atomic E-state index is 0.0514. The number of hydrazine groups is 1. The molecule has 1 heterocycles. The van der Waals surface area contributed by atoms with Crippen LogP contribution in [0.1, 0.15) is 57.4 Å². The zero-order chi connectivity index (χ0) is 14.5. The van der Waals surface area contributed by atoms with E-state index in [4.69, 9.17) is 5.84 Å². The van der Waals surface area contributed by atoms with Crippen molar-refractivity contribution in [2.24, 2.45) is 5.84 Å². The van der Waals surface area contributed by atoms with Gasteiger partial charge in [0.05, 0.1) is 12.1 Å². The van der Waals surface area contributed by atoms with Crippen molar-refractivity contribution in [1.29, 1.82) is 0 Å². The lowest BCUT2D eigenvalue weighted by atomic mass is 10.0. The van der Waals surface area contributed by atoms with Crippen LogP contribution in [0.15, 0.2) is 6.33 Å². The van der Waals surface area contributed by atoms with Crippen LogP contribution < -0.4 is 16.6 Å². The molecule has 2 rings (SSSR count). The fraction of sp³-hybridized carbons (Fsp3) is 0.714. The maximum absolute atomic E-state index is 10.2. The first-order valence-corrected chi connectivity index (χ1v) is 7.39. The monoisotopic (exact) mass is 279 g/mol. The van der Waals surface area contributed by atoms with Crippen LogP contribution in [0.2, 0.25) is 0 Å². The first-order chi connectivity index (χ1) is 9.63. The van der Waals surface area contributed by atoms with E-state index < -0.39 is 0 Å². The maximum atomic E-state index is 10.2. The zero-order valence-electron chi connectivity index (χ0n) is 12.3. The molecule has 0 radical (unpaired) electrons. The molecule has 6 nitrogen and oxygen atoms in total. The predicted octanol–water partition coefficient (Wildman–Crippen LogP) is 1.99. The van der Waals surface area contributed by atoms with Crippen molar-refractivity contribution in [1.82, 2.24) is 9.97 Å². The van der Waals surface area contributed by atoms with Gasteiger partial charge in [0.2, 0.25) is 0 Å². The minimum atomic E-state index is -0.318. The second kappa shape index (κ2) is 6.85. The molecule has 0 amide bonds. The summed E-state index contributed by atoms with van der Waals surface area (Å²) in [5.41, 5.74) is 3.59. The third kappa shape index (κ3) is 3.37. The number of nitrogens with one attached hydrogen (secondary N) is 2. The molecule has 5 N–H and O–H groups in total. The molecule has 0 aromatic carbocycles. The molecule has 2 atom stereocenters. The second-order valence-electron chi connectivity index (χ2n) is 5.74. The summed E-state index contributed by atoms with van der Waals surface area (Å²) < 4.78 is 0. The summed E-state index contributed by atoms with van der Waals surface area (Å²) in [5.74, 6) is 7.18. The summed E-state index contributed by atoms with van der Waals surface area (Å²) in [6.07, 6.45) is 6.41. The third-order valence-corrected chi connectivity index (χ3v) is 3.90. The zero-order valence-corrected chi connectivity index (χ0v) is 12.3. The van der Waals surface area contributed by atoms with Crippen LogP contribution >= 0.6 is 0 Å². The molecule has 1 aliphatic rings. The summed E-state index contributed by atoms with van der Waals surface area (Å²) in [6, 6.07) is 0.0514. The van der Waals surface area contributed by atoms with Crippen LogP contribution in [0.3, 0.4) is 0 Å². The highest BCUT2D eigenvalue weighted by atomic mass is 16.3. The van der Waals surface area contributed by atoms with Crippen LogP contribution in [0.25, 0.3) is 0 Å². The fourth-order valence-corrected chi connectivity index (χ4v) is 2.80. The van der Waals surface area contributed by atoms with Crippen LogP contribution in [0.5, 0.6) is 0 Å². The molecular formula is C14H25N5O. The topological polar surface area (TPSA) is 96.1 Å². The third-order valence-electron chi connectivity index (χ3n) is 3.90. The molecule has 1 aromatic rings. The number of aliphatic hydroxyl groups is 1. The van der Waals surface area contributed by atoms with Gasteiger partial charge in [-0.25, -0.2) is 15.8 Å². The molecule has 0 bridgehead atoms. The van der Waals surface area contributed by atoms with Crippen molar-refractivity contribution in [3.8, 4) is 0 Å². The first kappa shape index (κ1) is 15.0. The summed E-state index contributed by atoms with van der Waals surface area (Å²) in [4.78, 5) is 8.50. The van der Waals surface area contributed by atoms with Gasteiger partial charge in [0.1, 0.15) is 18.0 Å². The number of nitrogens with two attached hydrogens (primary N) is 1. The Hall–Kier alpha value is -1.40. The van der Waals surface area contributed by atoms with Gasteiger partial charge in [0.25, 0.3) is 0 Å². The van der Waals surface area contributed by atoms with Gasteiger partial charge in [-0.05, 0) is 18.8 Å². The molecule has 20 heavy (non-hydrogen) atoms. The fourth-order valence-electron chi connectivity index (χ4n) is 2.80. The van der Waals surface area contributed by atoms with E-state index >= 15 is 0 Å². The van der Waals surface area contributed by atoms with Crippen LogP contribution in [0, 0.1) is 0 Å². The van der Waals surface area contributed by atoms with Crippen LogP contribution in [-0.2, 0) is 0 Å². The number of nitrogens with zero attached hydrogens (tertiary/aromatic N) is 2. The number of rotatable bonds is 4. The Bertz CT molecular complexity index is 438. The Balaban J connectivity index is 2.23. The van der Waals surface area contributed by atoms with Gasteiger partial charge in [0.15, 0.2) is 0 Å². The number of nitrogen functional groups attached to an aromatic ring is 1. The quantitative estimate of drug-likeness (QED) is 0.382. The number of hydrogen-bond donors (Lipinski definition) is 4. The van der Waals surface area contributed by atoms with Gasteiger partial charge < -0.3 is 15.8 Å². The summed E-state index contributed by atoms with van der Waals surface area (Å²) >= 11 is 0. The standard InChI is InChI=1S/C14H25N5O/c1-9(2)12-13(16-8-17-14(12)19-15)18-10-6-4-3-5-7-11(10)20/h8-11,20H,3-7,15H2,1-2H3,(H2,16,17,18,19).